The smallest absolute Gasteiger partial charge is 0.335 e. The maximum Gasteiger partial charge on any atom is 0.335 e. The minimum Gasteiger partial charge on any atom is -0.493 e. The number of unbranched alkanes of at least 4 members (excludes halogenated alkanes) is 3. The van der Waals surface area contributed by atoms with Gasteiger partial charge in [-0.1, -0.05) is 51.3 Å². The predicted octanol–water partition coefficient (Wildman–Crippen LogP) is 5.84. The van der Waals surface area contributed by atoms with Crippen molar-refractivity contribution in [2.75, 3.05) is 20.3 Å². The van der Waals surface area contributed by atoms with Crippen molar-refractivity contribution in [3.63, 3.8) is 0 Å². The van der Waals surface area contributed by atoms with E-state index in [-0.39, 0.29) is 24.0 Å². The Kier molecular flexibility index (Phi) is 13.7. The van der Waals surface area contributed by atoms with E-state index in [9.17, 15) is 14.7 Å². The molecule has 1 unspecified atom stereocenters. The quantitative estimate of drug-likeness (QED) is 0.133. The van der Waals surface area contributed by atoms with Crippen LogP contribution in [0.4, 0.5) is 0 Å². The molecule has 6 nitrogen and oxygen atoms in total. The average Bonchev–Trinajstić information content (AvgIpc) is 3.14. The zero-order chi connectivity index (χ0) is 26.2. The number of benzene rings is 1. The van der Waals surface area contributed by atoms with Gasteiger partial charge in [-0.2, -0.15) is 0 Å². The lowest BCUT2D eigenvalue weighted by Gasteiger charge is -2.16. The van der Waals surface area contributed by atoms with Gasteiger partial charge in [-0.05, 0) is 55.4 Å². The van der Waals surface area contributed by atoms with Crippen molar-refractivity contribution in [2.45, 2.75) is 71.3 Å². The first-order valence-corrected chi connectivity index (χ1v) is 13.2. The number of aliphatic hydroxyl groups is 1. The highest BCUT2D eigenvalue weighted by Gasteiger charge is 2.37. The molecule has 0 heterocycles. The molecule has 0 amide bonds. The third-order valence-corrected chi connectivity index (χ3v) is 6.46. The standard InChI is InChI=1S/C30H42O6/c1-4-5-6-11-19-35-24-14-13-15-25(22-24)36-20-12-10-16-26-23(2)21-29(32)27(26)17-8-7-9-18-28(31)30(33)34-3/h8-10,13-16,22-23,26-28,31H,4-6,11-12,17-21H2,1-3H3/b16-10+/t7?,23-,26+,27-,28?/m1/s1. The van der Waals surface area contributed by atoms with Crippen molar-refractivity contribution >= 4 is 11.8 Å². The van der Waals surface area contributed by atoms with Crippen LogP contribution in [0.15, 0.2) is 54.3 Å². The molecule has 1 fully saturated rings. The Morgan fingerprint density at radius 3 is 2.64 bits per heavy atom. The van der Waals surface area contributed by atoms with Gasteiger partial charge in [0, 0.05) is 24.8 Å². The molecule has 0 aromatic heterocycles. The van der Waals surface area contributed by atoms with Gasteiger partial charge < -0.3 is 19.3 Å². The number of aliphatic hydroxyl groups excluding tert-OH is 1. The molecule has 1 aliphatic rings. The first-order valence-electron chi connectivity index (χ1n) is 13.2. The highest BCUT2D eigenvalue weighted by atomic mass is 16.5. The molecule has 1 aromatic carbocycles. The number of rotatable bonds is 16. The maximum atomic E-state index is 12.5. The highest BCUT2D eigenvalue weighted by Crippen LogP contribution is 2.37. The van der Waals surface area contributed by atoms with Crippen molar-refractivity contribution < 1.29 is 28.9 Å². The molecule has 1 aromatic rings. The lowest BCUT2D eigenvalue weighted by atomic mass is 9.87. The van der Waals surface area contributed by atoms with Gasteiger partial charge in [-0.15, -0.1) is 5.73 Å². The third kappa shape index (κ3) is 10.4. The van der Waals surface area contributed by atoms with E-state index in [1.54, 1.807) is 6.08 Å². The van der Waals surface area contributed by atoms with E-state index >= 15 is 0 Å². The Morgan fingerprint density at radius 2 is 1.92 bits per heavy atom. The molecule has 198 valence electrons. The van der Waals surface area contributed by atoms with E-state index in [4.69, 9.17) is 9.47 Å². The van der Waals surface area contributed by atoms with Gasteiger partial charge in [0.2, 0.25) is 0 Å². The number of Topliss-reactive ketones (excluding diaryl/α,β-unsaturated/α-hetero) is 1. The zero-order valence-corrected chi connectivity index (χ0v) is 22.0. The molecule has 4 atom stereocenters. The summed E-state index contributed by atoms with van der Waals surface area (Å²) in [6, 6.07) is 7.77. The Hall–Kier alpha value is -2.82. The minimum absolute atomic E-state index is 0.0743. The fourth-order valence-electron chi connectivity index (χ4n) is 4.39. The van der Waals surface area contributed by atoms with Gasteiger partial charge in [-0.25, -0.2) is 4.79 Å². The molecule has 1 saturated carbocycles. The summed E-state index contributed by atoms with van der Waals surface area (Å²) in [6.07, 6.45) is 13.3. The molecule has 1 N–H and O–H groups in total. The first-order chi connectivity index (χ1) is 17.5. The summed E-state index contributed by atoms with van der Waals surface area (Å²) in [4.78, 5) is 23.7. The molecule has 6 heteroatoms. The van der Waals surface area contributed by atoms with Crippen LogP contribution in [0, 0.1) is 17.8 Å². The molecule has 0 aliphatic heterocycles. The van der Waals surface area contributed by atoms with Crippen LogP contribution >= 0.6 is 0 Å². The van der Waals surface area contributed by atoms with Crippen molar-refractivity contribution in [3.8, 4) is 11.5 Å². The highest BCUT2D eigenvalue weighted by molar-refractivity contribution is 5.84. The fraction of sp³-hybridized carbons (Fsp3) is 0.567. The van der Waals surface area contributed by atoms with Gasteiger partial charge in [0.15, 0.2) is 6.10 Å². The van der Waals surface area contributed by atoms with E-state index < -0.39 is 12.1 Å². The SMILES string of the molecule is CCCCCCOc1cccc(OCC/C=C/[C@H]2[C@H](C)CC(=O)[C@@H]2CC=C=CCC(O)C(=O)OC)c1. The average molecular weight is 499 g/mol. The number of methoxy groups -OCH3 is 1. The zero-order valence-electron chi connectivity index (χ0n) is 22.0. The molecule has 36 heavy (non-hydrogen) atoms. The number of ether oxygens (including phenoxy) is 3. The summed E-state index contributed by atoms with van der Waals surface area (Å²) in [6.45, 7) is 5.60. The first kappa shape index (κ1) is 29.4. The number of carbonyl (C=O) groups is 2. The van der Waals surface area contributed by atoms with Crippen LogP contribution in [-0.4, -0.2) is 43.3 Å². The molecular weight excluding hydrogens is 456 g/mol. The second-order valence-electron chi connectivity index (χ2n) is 9.37. The van der Waals surface area contributed by atoms with Crippen molar-refractivity contribution in [1.29, 1.82) is 0 Å². The molecule has 0 spiro atoms. The van der Waals surface area contributed by atoms with Crippen LogP contribution < -0.4 is 9.47 Å². The van der Waals surface area contributed by atoms with Gasteiger partial charge >= 0.3 is 5.97 Å². The topological polar surface area (TPSA) is 82.1 Å². The Morgan fingerprint density at radius 1 is 1.17 bits per heavy atom. The van der Waals surface area contributed by atoms with E-state index in [0.717, 1.165) is 30.9 Å². The Bertz CT molecular complexity index is 898. The largest absolute Gasteiger partial charge is 0.493 e. The van der Waals surface area contributed by atoms with E-state index in [1.165, 1.54) is 26.4 Å². The van der Waals surface area contributed by atoms with Gasteiger partial charge in [0.1, 0.15) is 17.3 Å². The van der Waals surface area contributed by atoms with Crippen LogP contribution in [0.1, 0.15) is 65.2 Å². The van der Waals surface area contributed by atoms with Crippen molar-refractivity contribution in [1.82, 2.24) is 0 Å². The van der Waals surface area contributed by atoms with Gasteiger partial charge in [0.25, 0.3) is 0 Å². The molecular formula is C30H42O6. The molecule has 0 radical (unpaired) electrons. The summed E-state index contributed by atoms with van der Waals surface area (Å²) < 4.78 is 16.2. The van der Waals surface area contributed by atoms with Crippen LogP contribution in [0.2, 0.25) is 0 Å². The number of allylic oxidation sites excluding steroid dienone is 1. The van der Waals surface area contributed by atoms with Crippen LogP contribution in [0.5, 0.6) is 11.5 Å². The Labute approximate surface area is 216 Å². The third-order valence-electron chi connectivity index (χ3n) is 6.46. The summed E-state index contributed by atoms with van der Waals surface area (Å²) in [5.41, 5.74) is 2.97. The lowest BCUT2D eigenvalue weighted by Crippen LogP contribution is -2.20. The number of esters is 1. The van der Waals surface area contributed by atoms with Crippen molar-refractivity contribution in [3.05, 3.63) is 54.3 Å². The molecule has 1 aliphatic carbocycles. The maximum absolute atomic E-state index is 12.5. The summed E-state index contributed by atoms with van der Waals surface area (Å²) >= 11 is 0. The van der Waals surface area contributed by atoms with Crippen LogP contribution in [0.3, 0.4) is 0 Å². The van der Waals surface area contributed by atoms with E-state index in [2.05, 4.69) is 36.5 Å². The second-order valence-corrected chi connectivity index (χ2v) is 9.37. The molecule has 2 rings (SSSR count). The number of hydrogen-bond donors (Lipinski definition) is 1. The molecule has 0 saturated heterocycles. The summed E-state index contributed by atoms with van der Waals surface area (Å²) in [7, 11) is 1.24. The number of hydrogen-bond acceptors (Lipinski definition) is 6. The number of ketones is 1. The molecule has 0 bridgehead atoms. The van der Waals surface area contributed by atoms with Crippen LogP contribution in [0.25, 0.3) is 0 Å². The fourth-order valence-corrected chi connectivity index (χ4v) is 4.39. The second kappa shape index (κ2) is 16.8. The van der Waals surface area contributed by atoms with E-state index in [0.29, 0.717) is 25.4 Å². The predicted molar refractivity (Wildman–Crippen MR) is 141 cm³/mol. The monoisotopic (exact) mass is 498 g/mol. The van der Waals surface area contributed by atoms with E-state index in [1.807, 2.05) is 30.3 Å². The van der Waals surface area contributed by atoms with Gasteiger partial charge in [0.05, 0.1) is 20.3 Å². The summed E-state index contributed by atoms with van der Waals surface area (Å²) in [5, 5.41) is 9.60. The van der Waals surface area contributed by atoms with Gasteiger partial charge in [-0.3, -0.25) is 4.79 Å². The Balaban J connectivity index is 1.77. The lowest BCUT2D eigenvalue weighted by molar-refractivity contribution is -0.150. The van der Waals surface area contributed by atoms with Crippen LogP contribution in [-0.2, 0) is 14.3 Å². The van der Waals surface area contributed by atoms with Crippen molar-refractivity contribution in [2.24, 2.45) is 17.8 Å². The number of carbonyl (C=O) groups excluding carboxylic acids is 2. The summed E-state index contributed by atoms with van der Waals surface area (Å²) in [5.74, 6) is 1.64. The minimum atomic E-state index is -1.19. The normalized spacial score (nSPS) is 20.1.